The van der Waals surface area contributed by atoms with Gasteiger partial charge in [-0.15, -0.1) is 0 Å². The summed E-state index contributed by atoms with van der Waals surface area (Å²) < 4.78 is 0. The van der Waals surface area contributed by atoms with Gasteiger partial charge >= 0.3 is 0 Å². The Bertz CT molecular complexity index is 361. The van der Waals surface area contributed by atoms with Gasteiger partial charge in [-0.1, -0.05) is 38.5 Å². The van der Waals surface area contributed by atoms with Crippen molar-refractivity contribution < 1.29 is 0 Å². The molecule has 0 heteroatoms. The molecule has 0 aromatic heterocycles. The Morgan fingerprint density at radius 1 is 0.273 bits per heavy atom. The molecule has 5 aliphatic carbocycles. The van der Waals surface area contributed by atoms with Gasteiger partial charge in [-0.2, -0.15) is 0 Å². The maximum atomic E-state index is 1.64. The van der Waals surface area contributed by atoms with E-state index < -0.39 is 0 Å². The second-order valence-electron chi connectivity index (χ2n) is 9.80. The van der Waals surface area contributed by atoms with Crippen LogP contribution in [-0.2, 0) is 0 Å². The Kier molecular flexibility index (Phi) is 3.79. The fourth-order valence-electron chi connectivity index (χ4n) is 8.50. The summed E-state index contributed by atoms with van der Waals surface area (Å²) in [5, 5.41) is 0. The van der Waals surface area contributed by atoms with Gasteiger partial charge in [0.05, 0.1) is 0 Å². The first-order valence-electron chi connectivity index (χ1n) is 10.9. The molecule has 22 heavy (non-hydrogen) atoms. The van der Waals surface area contributed by atoms with Crippen LogP contribution < -0.4 is 0 Å². The highest BCUT2D eigenvalue weighted by atomic mass is 14.6. The monoisotopic (exact) mass is 300 g/mol. The second kappa shape index (κ2) is 5.82. The summed E-state index contributed by atoms with van der Waals surface area (Å²) in [7, 11) is 0. The minimum atomic E-state index is 1.15. The van der Waals surface area contributed by atoms with Crippen molar-refractivity contribution in [2.45, 2.75) is 89.9 Å². The van der Waals surface area contributed by atoms with Crippen LogP contribution in [0.15, 0.2) is 0 Å². The average molecular weight is 301 g/mol. The maximum absolute atomic E-state index is 1.64. The fourth-order valence-corrected chi connectivity index (χ4v) is 8.50. The van der Waals surface area contributed by atoms with E-state index in [1.54, 1.807) is 89.9 Å². The van der Waals surface area contributed by atoms with Crippen molar-refractivity contribution in [1.82, 2.24) is 0 Å². The summed E-state index contributed by atoms with van der Waals surface area (Å²) in [6, 6.07) is 0. The molecule has 0 bridgehead atoms. The van der Waals surface area contributed by atoms with E-state index in [1.807, 2.05) is 0 Å². The lowest BCUT2D eigenvalue weighted by Gasteiger charge is -2.57. The molecule has 0 radical (unpaired) electrons. The zero-order chi connectivity index (χ0) is 14.5. The first kappa shape index (κ1) is 14.4. The molecule has 0 spiro atoms. The normalized spacial score (nSPS) is 54.5. The fraction of sp³-hybridized carbons (Fsp3) is 1.00. The van der Waals surface area contributed by atoms with Crippen molar-refractivity contribution in [3.05, 3.63) is 0 Å². The maximum Gasteiger partial charge on any atom is -0.0352 e. The highest BCUT2D eigenvalue weighted by Gasteiger charge is 2.51. The van der Waals surface area contributed by atoms with Crippen molar-refractivity contribution in [2.75, 3.05) is 0 Å². The number of hydrogen-bond acceptors (Lipinski definition) is 0. The molecule has 5 rings (SSSR count). The molecule has 0 aliphatic heterocycles. The molecule has 0 amide bonds. The quantitative estimate of drug-likeness (QED) is 0.482. The van der Waals surface area contributed by atoms with Gasteiger partial charge < -0.3 is 0 Å². The Morgan fingerprint density at radius 2 is 0.636 bits per heavy atom. The van der Waals surface area contributed by atoms with Crippen molar-refractivity contribution in [3.8, 4) is 0 Å². The van der Waals surface area contributed by atoms with Gasteiger partial charge in [0.15, 0.2) is 0 Å². The van der Waals surface area contributed by atoms with E-state index in [1.165, 1.54) is 23.7 Å². The highest BCUT2D eigenvalue weighted by Crippen LogP contribution is 2.60. The van der Waals surface area contributed by atoms with Gasteiger partial charge in [-0.05, 0) is 98.7 Å². The number of rotatable bonds is 0. The minimum Gasteiger partial charge on any atom is -0.0530 e. The van der Waals surface area contributed by atoms with Crippen LogP contribution in [-0.4, -0.2) is 0 Å². The van der Waals surface area contributed by atoms with Crippen LogP contribution in [0.5, 0.6) is 0 Å². The zero-order valence-corrected chi connectivity index (χ0v) is 14.5. The third kappa shape index (κ3) is 2.22. The third-order valence-corrected chi connectivity index (χ3v) is 9.26. The summed E-state index contributed by atoms with van der Waals surface area (Å²) in [5.74, 6) is 9.30. The lowest BCUT2D eigenvalue weighted by atomic mass is 9.48. The van der Waals surface area contributed by atoms with Crippen LogP contribution in [0, 0.1) is 47.3 Å². The SMILES string of the molecule is C1CCC2C(C1)CCC1C2CCC2C1CCC1CCCC[C@H]12. The molecular formula is C22H36. The molecule has 7 unspecified atom stereocenters. The molecule has 0 aromatic carbocycles. The van der Waals surface area contributed by atoms with E-state index in [0.29, 0.717) is 0 Å². The van der Waals surface area contributed by atoms with Gasteiger partial charge in [0.2, 0.25) is 0 Å². The van der Waals surface area contributed by atoms with Crippen molar-refractivity contribution in [1.29, 1.82) is 0 Å². The summed E-state index contributed by atoms with van der Waals surface area (Å²) in [4.78, 5) is 0. The molecular weight excluding hydrogens is 264 g/mol. The molecule has 0 aromatic rings. The second-order valence-corrected chi connectivity index (χ2v) is 9.80. The minimum absolute atomic E-state index is 1.15. The summed E-state index contributed by atoms with van der Waals surface area (Å²) in [6.45, 7) is 0. The van der Waals surface area contributed by atoms with Crippen LogP contribution in [0.4, 0.5) is 0 Å². The molecule has 5 fully saturated rings. The van der Waals surface area contributed by atoms with Crippen LogP contribution in [0.3, 0.4) is 0 Å². The average Bonchev–Trinajstić information content (AvgIpc) is 2.60. The molecule has 0 heterocycles. The number of hydrogen-bond donors (Lipinski definition) is 0. The van der Waals surface area contributed by atoms with Crippen molar-refractivity contribution >= 4 is 0 Å². The van der Waals surface area contributed by atoms with E-state index in [9.17, 15) is 0 Å². The lowest BCUT2D eigenvalue weighted by Crippen LogP contribution is -2.49. The first-order valence-corrected chi connectivity index (χ1v) is 10.9. The van der Waals surface area contributed by atoms with Crippen LogP contribution >= 0.6 is 0 Å². The lowest BCUT2D eigenvalue weighted by molar-refractivity contribution is -0.0786. The topological polar surface area (TPSA) is 0 Å². The molecule has 5 aliphatic rings. The van der Waals surface area contributed by atoms with Crippen LogP contribution in [0.1, 0.15) is 89.9 Å². The van der Waals surface area contributed by atoms with Gasteiger partial charge in [-0.25, -0.2) is 0 Å². The Morgan fingerprint density at radius 3 is 1.14 bits per heavy atom. The number of fused-ring (bicyclic) bond motifs is 7. The van der Waals surface area contributed by atoms with E-state index in [0.717, 1.165) is 23.7 Å². The van der Waals surface area contributed by atoms with Crippen LogP contribution in [0.25, 0.3) is 0 Å². The summed E-state index contributed by atoms with van der Waals surface area (Å²) in [5.41, 5.74) is 0. The van der Waals surface area contributed by atoms with Gasteiger partial charge in [0.1, 0.15) is 0 Å². The molecule has 0 nitrogen and oxygen atoms in total. The van der Waals surface area contributed by atoms with Gasteiger partial charge in [0, 0.05) is 0 Å². The van der Waals surface area contributed by atoms with E-state index in [4.69, 9.17) is 0 Å². The smallest absolute Gasteiger partial charge is 0.0352 e. The van der Waals surface area contributed by atoms with E-state index in [2.05, 4.69) is 0 Å². The summed E-state index contributed by atoms with van der Waals surface area (Å²) in [6.07, 6.45) is 22.4. The Labute approximate surface area is 137 Å². The zero-order valence-electron chi connectivity index (χ0n) is 14.5. The Hall–Kier alpha value is 0. The van der Waals surface area contributed by atoms with E-state index in [-0.39, 0.29) is 0 Å². The summed E-state index contributed by atoms with van der Waals surface area (Å²) >= 11 is 0. The largest absolute Gasteiger partial charge is 0.0530 e. The van der Waals surface area contributed by atoms with Crippen molar-refractivity contribution in [2.24, 2.45) is 47.3 Å². The van der Waals surface area contributed by atoms with Gasteiger partial charge in [0.25, 0.3) is 0 Å². The predicted molar refractivity (Wildman–Crippen MR) is 92.6 cm³/mol. The Balaban J connectivity index is 1.36. The van der Waals surface area contributed by atoms with Crippen molar-refractivity contribution in [3.63, 3.8) is 0 Å². The molecule has 8 atom stereocenters. The highest BCUT2D eigenvalue weighted by molar-refractivity contribution is 5.01. The van der Waals surface area contributed by atoms with Crippen LogP contribution in [0.2, 0.25) is 0 Å². The van der Waals surface area contributed by atoms with E-state index >= 15 is 0 Å². The standard InChI is InChI=1S/C22H36/c1-3-7-17-15(5-1)9-11-21-19(17)13-14-20-18-8-4-2-6-16(18)10-12-22(20)21/h15-22H,1-14H2/t15?,16?,17-,18?,19?,20?,21?,22?/m1/s1. The predicted octanol–water partition coefficient (Wildman–Crippen LogP) is 6.45. The van der Waals surface area contributed by atoms with Gasteiger partial charge in [-0.3, -0.25) is 0 Å². The first-order chi connectivity index (χ1) is 10.9. The molecule has 5 saturated carbocycles. The molecule has 0 saturated heterocycles. The molecule has 0 N–H and O–H groups in total. The molecule has 124 valence electrons. The third-order valence-electron chi connectivity index (χ3n) is 9.26.